The van der Waals surface area contributed by atoms with Crippen LogP contribution in [0.25, 0.3) is 11.3 Å². The Bertz CT molecular complexity index is 1270. The van der Waals surface area contributed by atoms with Gasteiger partial charge >= 0.3 is 0 Å². The highest BCUT2D eigenvalue weighted by atomic mass is 32.2. The van der Waals surface area contributed by atoms with Gasteiger partial charge in [-0.2, -0.15) is 0 Å². The molecule has 6 nitrogen and oxygen atoms in total. The van der Waals surface area contributed by atoms with Crippen LogP contribution in [0.15, 0.2) is 82.4 Å². The van der Waals surface area contributed by atoms with Crippen LogP contribution in [0.3, 0.4) is 0 Å². The normalized spacial score (nSPS) is 11.4. The molecule has 164 valence electrons. The Balaban J connectivity index is 1.31. The third-order valence-electron chi connectivity index (χ3n) is 4.69. The summed E-state index contributed by atoms with van der Waals surface area (Å²) in [5.74, 6) is -0.281. The number of thiazole rings is 1. The van der Waals surface area contributed by atoms with Crippen LogP contribution in [0, 0.1) is 0 Å². The Morgan fingerprint density at radius 1 is 0.938 bits per heavy atom. The second kappa shape index (κ2) is 10.2. The molecule has 2 heterocycles. The summed E-state index contributed by atoms with van der Waals surface area (Å²) in [5.41, 5.74) is 2.30. The number of aromatic nitrogens is 1. The molecule has 0 aliphatic rings. The van der Waals surface area contributed by atoms with Crippen molar-refractivity contribution in [1.29, 1.82) is 0 Å². The Labute approximate surface area is 195 Å². The van der Waals surface area contributed by atoms with Crippen molar-refractivity contribution in [2.24, 2.45) is 0 Å². The minimum Gasteiger partial charge on any atom is -0.346 e. The maximum Gasteiger partial charge on any atom is 0.251 e. The molecule has 0 unspecified atom stereocenters. The van der Waals surface area contributed by atoms with Crippen LogP contribution in [0.5, 0.6) is 0 Å². The minimum atomic E-state index is -3.62. The second-order valence-electron chi connectivity index (χ2n) is 6.93. The SMILES string of the molecule is O=C(NCc1nc(-c2ccccc2)cs1)c1ccc(S(=O)(=O)NCCc2cccs2)cc1. The van der Waals surface area contributed by atoms with Crippen molar-refractivity contribution < 1.29 is 13.2 Å². The molecule has 0 atom stereocenters. The number of hydrogen-bond acceptors (Lipinski definition) is 6. The van der Waals surface area contributed by atoms with E-state index in [0.29, 0.717) is 25.1 Å². The van der Waals surface area contributed by atoms with Crippen molar-refractivity contribution in [2.75, 3.05) is 6.54 Å². The van der Waals surface area contributed by atoms with Crippen molar-refractivity contribution >= 4 is 38.6 Å². The van der Waals surface area contributed by atoms with Crippen LogP contribution in [0.1, 0.15) is 20.2 Å². The molecule has 0 saturated carbocycles. The fourth-order valence-electron chi connectivity index (χ4n) is 3.02. The predicted molar refractivity (Wildman–Crippen MR) is 128 cm³/mol. The molecule has 0 aliphatic heterocycles. The summed E-state index contributed by atoms with van der Waals surface area (Å²) in [5, 5.41) is 7.55. The maximum atomic E-state index is 12.5. The summed E-state index contributed by atoms with van der Waals surface area (Å²) in [4.78, 5) is 18.3. The van der Waals surface area contributed by atoms with E-state index in [4.69, 9.17) is 0 Å². The van der Waals surface area contributed by atoms with Gasteiger partial charge < -0.3 is 5.32 Å². The third kappa shape index (κ3) is 5.68. The van der Waals surface area contributed by atoms with Gasteiger partial charge in [0.1, 0.15) is 5.01 Å². The maximum absolute atomic E-state index is 12.5. The van der Waals surface area contributed by atoms with Crippen LogP contribution in [0.4, 0.5) is 0 Å². The first kappa shape index (κ1) is 22.3. The topological polar surface area (TPSA) is 88.2 Å². The lowest BCUT2D eigenvalue weighted by molar-refractivity contribution is 0.0950. The molecular weight excluding hydrogens is 462 g/mol. The molecule has 4 rings (SSSR count). The van der Waals surface area contributed by atoms with Crippen molar-refractivity contribution in [2.45, 2.75) is 17.9 Å². The average Bonchev–Trinajstić information content (AvgIpc) is 3.50. The number of carbonyl (C=O) groups excluding carboxylic acids is 1. The van der Waals surface area contributed by atoms with Crippen molar-refractivity contribution in [3.05, 3.63) is 92.9 Å². The van der Waals surface area contributed by atoms with Gasteiger partial charge in [-0.3, -0.25) is 4.79 Å². The molecule has 9 heteroatoms. The summed E-state index contributed by atoms with van der Waals surface area (Å²) in [6, 6.07) is 19.7. The van der Waals surface area contributed by atoms with E-state index in [-0.39, 0.29) is 10.8 Å². The standard InChI is InChI=1S/C23H21N3O3S3/c27-23(24-15-22-26-21(16-31-22)17-5-2-1-3-6-17)18-8-10-20(11-9-18)32(28,29)25-13-12-19-7-4-14-30-19/h1-11,14,16,25H,12-13,15H2,(H,24,27). The van der Waals surface area contributed by atoms with Crippen molar-refractivity contribution in [3.63, 3.8) is 0 Å². The van der Waals surface area contributed by atoms with Crippen molar-refractivity contribution in [1.82, 2.24) is 15.0 Å². The average molecular weight is 484 g/mol. The van der Waals surface area contributed by atoms with Gasteiger partial charge in [-0.15, -0.1) is 22.7 Å². The van der Waals surface area contributed by atoms with Gasteiger partial charge in [-0.25, -0.2) is 18.1 Å². The second-order valence-corrected chi connectivity index (χ2v) is 10.7. The molecule has 0 radical (unpaired) electrons. The molecule has 32 heavy (non-hydrogen) atoms. The number of hydrogen-bond donors (Lipinski definition) is 2. The Hall–Kier alpha value is -2.85. The number of nitrogens with one attached hydrogen (secondary N) is 2. The number of thiophene rings is 1. The molecule has 0 saturated heterocycles. The van der Waals surface area contributed by atoms with E-state index in [1.165, 1.54) is 35.6 Å². The molecule has 4 aromatic rings. The van der Waals surface area contributed by atoms with Gasteiger partial charge in [-0.1, -0.05) is 36.4 Å². The van der Waals surface area contributed by atoms with Gasteiger partial charge in [-0.05, 0) is 42.1 Å². The zero-order chi connectivity index (χ0) is 22.4. The third-order valence-corrected chi connectivity index (χ3v) is 7.95. The summed E-state index contributed by atoms with van der Waals surface area (Å²) in [7, 11) is -3.62. The first-order valence-corrected chi connectivity index (χ1v) is 13.2. The monoisotopic (exact) mass is 483 g/mol. The Morgan fingerprint density at radius 2 is 1.72 bits per heavy atom. The fourth-order valence-corrected chi connectivity index (χ4v) is 5.51. The predicted octanol–water partition coefficient (Wildman–Crippen LogP) is 4.32. The zero-order valence-electron chi connectivity index (χ0n) is 17.0. The first-order chi connectivity index (χ1) is 15.5. The van der Waals surface area contributed by atoms with E-state index in [1.54, 1.807) is 11.3 Å². The summed E-state index contributed by atoms with van der Waals surface area (Å²) < 4.78 is 27.5. The van der Waals surface area contributed by atoms with Crippen LogP contribution >= 0.6 is 22.7 Å². The lowest BCUT2D eigenvalue weighted by atomic mass is 10.2. The van der Waals surface area contributed by atoms with Gasteiger partial charge in [0.2, 0.25) is 10.0 Å². The number of nitrogens with zero attached hydrogens (tertiary/aromatic N) is 1. The van der Waals surface area contributed by atoms with E-state index >= 15 is 0 Å². The number of carbonyl (C=O) groups is 1. The summed E-state index contributed by atoms with van der Waals surface area (Å²) >= 11 is 3.08. The van der Waals surface area contributed by atoms with Gasteiger partial charge in [0.15, 0.2) is 0 Å². The van der Waals surface area contributed by atoms with Gasteiger partial charge in [0.05, 0.1) is 17.1 Å². The highest BCUT2D eigenvalue weighted by molar-refractivity contribution is 7.89. The number of rotatable bonds is 9. The highest BCUT2D eigenvalue weighted by Gasteiger charge is 2.15. The van der Waals surface area contributed by atoms with Crippen LogP contribution < -0.4 is 10.0 Å². The first-order valence-electron chi connectivity index (χ1n) is 9.91. The smallest absolute Gasteiger partial charge is 0.251 e. The summed E-state index contributed by atoms with van der Waals surface area (Å²) in [6.45, 7) is 0.629. The molecule has 1 amide bonds. The van der Waals surface area contributed by atoms with Crippen molar-refractivity contribution in [3.8, 4) is 11.3 Å². The summed E-state index contributed by atoms with van der Waals surface area (Å²) in [6.07, 6.45) is 0.639. The molecule has 2 N–H and O–H groups in total. The fraction of sp³-hybridized carbons (Fsp3) is 0.130. The Morgan fingerprint density at radius 3 is 2.44 bits per heavy atom. The highest BCUT2D eigenvalue weighted by Crippen LogP contribution is 2.21. The largest absolute Gasteiger partial charge is 0.346 e. The van der Waals surface area contributed by atoms with Crippen LogP contribution in [0.2, 0.25) is 0 Å². The lowest BCUT2D eigenvalue weighted by Crippen LogP contribution is -2.26. The molecule has 0 fully saturated rings. The molecule has 2 aromatic heterocycles. The molecule has 0 bridgehead atoms. The van der Waals surface area contributed by atoms with E-state index in [0.717, 1.165) is 21.1 Å². The number of benzene rings is 2. The number of amides is 1. The van der Waals surface area contributed by atoms with E-state index < -0.39 is 10.0 Å². The molecule has 2 aromatic carbocycles. The quantitative estimate of drug-likeness (QED) is 0.371. The lowest BCUT2D eigenvalue weighted by Gasteiger charge is -2.08. The van der Waals surface area contributed by atoms with Gasteiger partial charge in [0.25, 0.3) is 5.91 Å². The molecule has 0 aliphatic carbocycles. The van der Waals surface area contributed by atoms with Gasteiger partial charge in [0, 0.05) is 27.9 Å². The minimum absolute atomic E-state index is 0.132. The Kier molecular flexibility index (Phi) is 7.11. The van der Waals surface area contributed by atoms with Crippen LogP contribution in [-0.2, 0) is 23.0 Å². The van der Waals surface area contributed by atoms with Crippen LogP contribution in [-0.4, -0.2) is 25.9 Å². The van der Waals surface area contributed by atoms with E-state index in [2.05, 4.69) is 15.0 Å². The zero-order valence-corrected chi connectivity index (χ0v) is 19.5. The number of sulfonamides is 1. The van der Waals surface area contributed by atoms with E-state index in [9.17, 15) is 13.2 Å². The molecule has 0 spiro atoms. The van der Waals surface area contributed by atoms with E-state index in [1.807, 2.05) is 53.2 Å². The molecular formula is C23H21N3O3S3.